The van der Waals surface area contributed by atoms with Crippen molar-refractivity contribution in [1.82, 2.24) is 0 Å². The summed E-state index contributed by atoms with van der Waals surface area (Å²) in [5.74, 6) is 0.668. The van der Waals surface area contributed by atoms with Crippen molar-refractivity contribution < 1.29 is 28.5 Å². The summed E-state index contributed by atoms with van der Waals surface area (Å²) < 4.78 is 20.6. The van der Waals surface area contributed by atoms with Crippen molar-refractivity contribution in [2.45, 2.75) is 13.3 Å². The molecule has 0 radical (unpaired) electrons. The molecule has 0 saturated heterocycles. The number of methoxy groups -OCH3 is 2. The molecule has 2 aromatic carbocycles. The van der Waals surface area contributed by atoms with Gasteiger partial charge in [0.15, 0.2) is 11.5 Å². The summed E-state index contributed by atoms with van der Waals surface area (Å²) >= 11 is 0. The van der Waals surface area contributed by atoms with Crippen LogP contribution in [0, 0.1) is 0 Å². The van der Waals surface area contributed by atoms with Gasteiger partial charge in [-0.25, -0.2) is 4.79 Å². The lowest BCUT2D eigenvalue weighted by atomic mass is 10.1. The first-order valence-corrected chi connectivity index (χ1v) is 7.76. The Labute approximate surface area is 146 Å². The molecule has 0 amide bonds. The number of esters is 2. The molecule has 0 heterocycles. The smallest absolute Gasteiger partial charge is 0.338 e. The molecule has 0 aliphatic carbocycles. The number of ether oxygens (including phenoxy) is 4. The zero-order valence-corrected chi connectivity index (χ0v) is 14.4. The first-order valence-electron chi connectivity index (χ1n) is 7.76. The fourth-order valence-electron chi connectivity index (χ4n) is 2.20. The summed E-state index contributed by atoms with van der Waals surface area (Å²) in [5, 5.41) is 0. The third kappa shape index (κ3) is 4.97. The molecule has 0 N–H and O–H groups in total. The van der Waals surface area contributed by atoms with E-state index in [0.29, 0.717) is 29.4 Å². The van der Waals surface area contributed by atoms with Crippen LogP contribution in [0.1, 0.15) is 22.8 Å². The molecule has 0 bridgehead atoms. The second-order valence-corrected chi connectivity index (χ2v) is 5.09. The van der Waals surface area contributed by atoms with Gasteiger partial charge < -0.3 is 18.9 Å². The predicted molar refractivity (Wildman–Crippen MR) is 91.3 cm³/mol. The van der Waals surface area contributed by atoms with E-state index in [4.69, 9.17) is 18.9 Å². The standard InChI is InChI=1S/C19H20O6/c1-4-24-19(21)14-6-8-15(9-7-14)25-18(20)12-13-5-10-16(22-2)17(11-13)23-3/h5-11H,4,12H2,1-3H3. The Balaban J connectivity index is 1.99. The molecule has 0 unspecified atom stereocenters. The monoisotopic (exact) mass is 344 g/mol. The van der Waals surface area contributed by atoms with E-state index < -0.39 is 11.9 Å². The van der Waals surface area contributed by atoms with Crippen LogP contribution in [-0.2, 0) is 16.0 Å². The molecule has 0 spiro atoms. The normalized spacial score (nSPS) is 10.0. The van der Waals surface area contributed by atoms with Gasteiger partial charge >= 0.3 is 11.9 Å². The van der Waals surface area contributed by atoms with Crippen LogP contribution >= 0.6 is 0 Å². The Morgan fingerprint density at radius 1 is 0.920 bits per heavy atom. The Morgan fingerprint density at radius 3 is 2.20 bits per heavy atom. The molecular weight excluding hydrogens is 324 g/mol. The van der Waals surface area contributed by atoms with Crippen LogP contribution in [0.3, 0.4) is 0 Å². The lowest BCUT2D eigenvalue weighted by molar-refractivity contribution is -0.133. The van der Waals surface area contributed by atoms with Crippen LogP contribution in [0.2, 0.25) is 0 Å². The lowest BCUT2D eigenvalue weighted by Crippen LogP contribution is -2.11. The second-order valence-electron chi connectivity index (χ2n) is 5.09. The molecule has 2 aromatic rings. The summed E-state index contributed by atoms with van der Waals surface area (Å²) in [6.45, 7) is 2.04. The average molecular weight is 344 g/mol. The van der Waals surface area contributed by atoms with E-state index in [1.165, 1.54) is 7.11 Å². The van der Waals surface area contributed by atoms with E-state index in [2.05, 4.69) is 0 Å². The molecule has 0 saturated carbocycles. The molecular formula is C19H20O6. The summed E-state index contributed by atoms with van der Waals surface area (Å²) in [4.78, 5) is 23.7. The van der Waals surface area contributed by atoms with E-state index in [-0.39, 0.29) is 6.42 Å². The quantitative estimate of drug-likeness (QED) is 0.568. The van der Waals surface area contributed by atoms with Crippen LogP contribution < -0.4 is 14.2 Å². The fourth-order valence-corrected chi connectivity index (χ4v) is 2.20. The number of carbonyl (C=O) groups is 2. The first kappa shape index (κ1) is 18.3. The van der Waals surface area contributed by atoms with Gasteiger partial charge in [-0.3, -0.25) is 4.79 Å². The highest BCUT2D eigenvalue weighted by Crippen LogP contribution is 2.27. The topological polar surface area (TPSA) is 71.1 Å². The summed E-state index contributed by atoms with van der Waals surface area (Å²) in [6, 6.07) is 11.4. The van der Waals surface area contributed by atoms with Gasteiger partial charge in [0.2, 0.25) is 0 Å². The number of carbonyl (C=O) groups excluding carboxylic acids is 2. The zero-order chi connectivity index (χ0) is 18.2. The van der Waals surface area contributed by atoms with Gasteiger partial charge in [0, 0.05) is 0 Å². The Hall–Kier alpha value is -3.02. The van der Waals surface area contributed by atoms with Crippen LogP contribution in [0.15, 0.2) is 42.5 Å². The maximum Gasteiger partial charge on any atom is 0.338 e. The van der Waals surface area contributed by atoms with Gasteiger partial charge in [-0.05, 0) is 48.9 Å². The van der Waals surface area contributed by atoms with Crippen molar-refractivity contribution in [2.75, 3.05) is 20.8 Å². The number of hydrogen-bond acceptors (Lipinski definition) is 6. The summed E-state index contributed by atoms with van der Waals surface area (Å²) in [7, 11) is 3.08. The van der Waals surface area contributed by atoms with Gasteiger partial charge in [0.25, 0.3) is 0 Å². The van der Waals surface area contributed by atoms with Gasteiger partial charge in [-0.2, -0.15) is 0 Å². The SMILES string of the molecule is CCOC(=O)c1ccc(OC(=O)Cc2ccc(OC)c(OC)c2)cc1. The second kappa shape index (κ2) is 8.73. The molecule has 0 aliphatic rings. The molecule has 6 heteroatoms. The summed E-state index contributed by atoms with van der Waals surface area (Å²) in [6.07, 6.45) is 0.0833. The molecule has 0 atom stereocenters. The van der Waals surface area contributed by atoms with Crippen molar-refractivity contribution in [3.8, 4) is 17.2 Å². The number of benzene rings is 2. The van der Waals surface area contributed by atoms with E-state index in [9.17, 15) is 9.59 Å². The fraction of sp³-hybridized carbons (Fsp3) is 0.263. The minimum absolute atomic E-state index is 0.0833. The molecule has 0 fully saturated rings. The Kier molecular flexibility index (Phi) is 6.39. The maximum absolute atomic E-state index is 12.1. The minimum Gasteiger partial charge on any atom is -0.493 e. The van der Waals surface area contributed by atoms with Crippen LogP contribution in [0.5, 0.6) is 17.2 Å². The van der Waals surface area contributed by atoms with Crippen LogP contribution in [-0.4, -0.2) is 32.8 Å². The van der Waals surface area contributed by atoms with Gasteiger partial charge in [0.05, 0.1) is 32.8 Å². The van der Waals surface area contributed by atoms with Crippen LogP contribution in [0.4, 0.5) is 0 Å². The Morgan fingerprint density at radius 2 is 1.60 bits per heavy atom. The molecule has 0 aliphatic heterocycles. The molecule has 25 heavy (non-hydrogen) atoms. The van der Waals surface area contributed by atoms with Gasteiger partial charge in [-0.1, -0.05) is 6.07 Å². The van der Waals surface area contributed by atoms with E-state index in [1.807, 2.05) is 0 Å². The number of hydrogen-bond donors (Lipinski definition) is 0. The van der Waals surface area contributed by atoms with Gasteiger partial charge in [0.1, 0.15) is 5.75 Å². The van der Waals surface area contributed by atoms with Gasteiger partial charge in [-0.15, -0.1) is 0 Å². The third-order valence-corrected chi connectivity index (χ3v) is 3.39. The predicted octanol–water partition coefficient (Wildman–Crippen LogP) is 3.03. The molecule has 2 rings (SSSR count). The van der Waals surface area contributed by atoms with Crippen molar-refractivity contribution in [1.29, 1.82) is 0 Å². The van der Waals surface area contributed by atoms with E-state index >= 15 is 0 Å². The highest BCUT2D eigenvalue weighted by Gasteiger charge is 2.11. The highest BCUT2D eigenvalue weighted by atomic mass is 16.5. The van der Waals surface area contributed by atoms with Crippen molar-refractivity contribution in [3.63, 3.8) is 0 Å². The summed E-state index contributed by atoms with van der Waals surface area (Å²) in [5.41, 5.74) is 1.15. The van der Waals surface area contributed by atoms with Crippen molar-refractivity contribution >= 4 is 11.9 Å². The Bertz CT molecular complexity index is 736. The number of rotatable bonds is 7. The lowest BCUT2D eigenvalue weighted by Gasteiger charge is -2.09. The largest absolute Gasteiger partial charge is 0.493 e. The third-order valence-electron chi connectivity index (χ3n) is 3.39. The zero-order valence-electron chi connectivity index (χ0n) is 14.4. The van der Waals surface area contributed by atoms with Crippen molar-refractivity contribution in [3.05, 3.63) is 53.6 Å². The molecule has 6 nitrogen and oxygen atoms in total. The first-order chi connectivity index (χ1) is 12.1. The molecule has 132 valence electrons. The van der Waals surface area contributed by atoms with E-state index in [1.54, 1.807) is 56.5 Å². The van der Waals surface area contributed by atoms with E-state index in [0.717, 1.165) is 5.56 Å². The minimum atomic E-state index is -0.420. The highest BCUT2D eigenvalue weighted by molar-refractivity contribution is 5.89. The average Bonchev–Trinajstić information content (AvgIpc) is 2.62. The maximum atomic E-state index is 12.1. The van der Waals surface area contributed by atoms with Crippen molar-refractivity contribution in [2.24, 2.45) is 0 Å². The molecule has 0 aromatic heterocycles. The van der Waals surface area contributed by atoms with Crippen LogP contribution in [0.25, 0.3) is 0 Å².